The lowest BCUT2D eigenvalue weighted by Crippen LogP contribution is -2.12. The summed E-state index contributed by atoms with van der Waals surface area (Å²) in [4.78, 5) is 12.3. The highest BCUT2D eigenvalue weighted by atomic mass is 127. The molecule has 0 spiro atoms. The molecule has 110 valence electrons. The lowest BCUT2D eigenvalue weighted by molar-refractivity contribution is 0.102. The van der Waals surface area contributed by atoms with Gasteiger partial charge in [-0.1, -0.05) is 6.07 Å². The van der Waals surface area contributed by atoms with Gasteiger partial charge in [-0.3, -0.25) is 4.79 Å². The quantitative estimate of drug-likeness (QED) is 0.689. The van der Waals surface area contributed by atoms with Crippen molar-refractivity contribution in [1.29, 1.82) is 0 Å². The number of carbonyl (C=O) groups is 1. The van der Waals surface area contributed by atoms with Gasteiger partial charge in [0.05, 0.1) is 14.2 Å². The molecule has 0 atom stereocenters. The Kier molecular flexibility index (Phi) is 5.46. The predicted molar refractivity (Wildman–Crippen MR) is 94.4 cm³/mol. The SMILES string of the molecule is COc1cc(C(=O)Nc2cccc(I)c2)cc(OC)c1Br. The van der Waals surface area contributed by atoms with Gasteiger partial charge in [0.25, 0.3) is 5.91 Å². The van der Waals surface area contributed by atoms with Crippen LogP contribution in [0.5, 0.6) is 11.5 Å². The first-order valence-corrected chi connectivity index (χ1v) is 7.90. The second-order valence-corrected chi connectivity index (χ2v) is 6.20. The van der Waals surface area contributed by atoms with Crippen molar-refractivity contribution in [1.82, 2.24) is 0 Å². The van der Waals surface area contributed by atoms with Gasteiger partial charge in [-0.05, 0) is 68.9 Å². The van der Waals surface area contributed by atoms with Gasteiger partial charge in [-0.25, -0.2) is 0 Å². The zero-order valence-corrected chi connectivity index (χ0v) is 15.2. The molecule has 21 heavy (non-hydrogen) atoms. The first-order valence-electron chi connectivity index (χ1n) is 6.03. The summed E-state index contributed by atoms with van der Waals surface area (Å²) in [5.41, 5.74) is 1.21. The summed E-state index contributed by atoms with van der Waals surface area (Å²) < 4.78 is 12.2. The van der Waals surface area contributed by atoms with Crippen LogP contribution in [0, 0.1) is 3.57 Å². The molecule has 0 radical (unpaired) electrons. The molecule has 2 aromatic carbocycles. The van der Waals surface area contributed by atoms with Crippen LogP contribution >= 0.6 is 38.5 Å². The predicted octanol–water partition coefficient (Wildman–Crippen LogP) is 4.32. The zero-order chi connectivity index (χ0) is 15.4. The van der Waals surface area contributed by atoms with E-state index in [0.29, 0.717) is 21.5 Å². The van der Waals surface area contributed by atoms with Crippen molar-refractivity contribution in [3.05, 3.63) is 50.0 Å². The minimum atomic E-state index is -0.221. The van der Waals surface area contributed by atoms with Crippen LogP contribution in [0.3, 0.4) is 0 Å². The fraction of sp³-hybridized carbons (Fsp3) is 0.133. The summed E-state index contributed by atoms with van der Waals surface area (Å²) >= 11 is 5.57. The minimum absolute atomic E-state index is 0.221. The number of halogens is 2. The van der Waals surface area contributed by atoms with E-state index < -0.39 is 0 Å². The van der Waals surface area contributed by atoms with Crippen LogP contribution in [0.4, 0.5) is 5.69 Å². The van der Waals surface area contributed by atoms with E-state index in [4.69, 9.17) is 9.47 Å². The summed E-state index contributed by atoms with van der Waals surface area (Å²) in [6.07, 6.45) is 0. The second-order valence-electron chi connectivity index (χ2n) is 4.16. The molecule has 0 aliphatic rings. The van der Waals surface area contributed by atoms with Crippen molar-refractivity contribution in [2.75, 3.05) is 19.5 Å². The van der Waals surface area contributed by atoms with E-state index >= 15 is 0 Å². The largest absolute Gasteiger partial charge is 0.495 e. The molecule has 0 heterocycles. The molecule has 2 aromatic rings. The van der Waals surface area contributed by atoms with Gasteiger partial charge in [0.15, 0.2) is 0 Å². The Labute approximate surface area is 145 Å². The van der Waals surface area contributed by atoms with Crippen molar-refractivity contribution >= 4 is 50.1 Å². The lowest BCUT2D eigenvalue weighted by atomic mass is 10.1. The fourth-order valence-electron chi connectivity index (χ4n) is 1.77. The Hall–Kier alpha value is -1.28. The average Bonchev–Trinajstić information content (AvgIpc) is 2.47. The monoisotopic (exact) mass is 461 g/mol. The zero-order valence-electron chi connectivity index (χ0n) is 11.4. The van der Waals surface area contributed by atoms with E-state index in [1.54, 1.807) is 26.4 Å². The maximum absolute atomic E-state index is 12.3. The fourth-order valence-corrected chi connectivity index (χ4v) is 2.87. The van der Waals surface area contributed by atoms with Crippen molar-refractivity contribution in [2.24, 2.45) is 0 Å². The summed E-state index contributed by atoms with van der Waals surface area (Å²) in [5.74, 6) is 0.866. The van der Waals surface area contributed by atoms with Crippen LogP contribution in [0.25, 0.3) is 0 Å². The van der Waals surface area contributed by atoms with Crippen LogP contribution in [0.15, 0.2) is 40.9 Å². The Morgan fingerprint density at radius 3 is 2.29 bits per heavy atom. The molecule has 0 aliphatic carbocycles. The van der Waals surface area contributed by atoms with Gasteiger partial charge in [0, 0.05) is 14.8 Å². The van der Waals surface area contributed by atoms with E-state index in [1.807, 2.05) is 24.3 Å². The molecule has 1 N–H and O–H groups in total. The van der Waals surface area contributed by atoms with E-state index in [0.717, 1.165) is 9.26 Å². The average molecular weight is 462 g/mol. The summed E-state index contributed by atoms with van der Waals surface area (Å²) in [6, 6.07) is 10.9. The second kappa shape index (κ2) is 7.13. The summed E-state index contributed by atoms with van der Waals surface area (Å²) in [5, 5.41) is 2.85. The van der Waals surface area contributed by atoms with E-state index in [9.17, 15) is 4.79 Å². The Morgan fingerprint density at radius 1 is 1.14 bits per heavy atom. The topological polar surface area (TPSA) is 47.6 Å². The van der Waals surface area contributed by atoms with E-state index in [2.05, 4.69) is 43.8 Å². The minimum Gasteiger partial charge on any atom is -0.495 e. The third kappa shape index (κ3) is 3.88. The number of nitrogens with one attached hydrogen (secondary N) is 1. The number of methoxy groups -OCH3 is 2. The summed E-state index contributed by atoms with van der Waals surface area (Å²) in [7, 11) is 3.08. The van der Waals surface area contributed by atoms with Crippen LogP contribution in [-0.4, -0.2) is 20.1 Å². The van der Waals surface area contributed by atoms with E-state index in [-0.39, 0.29) is 5.91 Å². The van der Waals surface area contributed by atoms with Crippen LogP contribution in [0.2, 0.25) is 0 Å². The maximum Gasteiger partial charge on any atom is 0.255 e. The van der Waals surface area contributed by atoms with Gasteiger partial charge < -0.3 is 14.8 Å². The number of benzene rings is 2. The molecule has 2 rings (SSSR count). The molecule has 0 bridgehead atoms. The number of rotatable bonds is 4. The molecule has 4 nitrogen and oxygen atoms in total. The molecular formula is C15H13BrINO3. The van der Waals surface area contributed by atoms with Crippen molar-refractivity contribution < 1.29 is 14.3 Å². The summed E-state index contributed by atoms with van der Waals surface area (Å²) in [6.45, 7) is 0. The Bertz CT molecular complexity index is 651. The third-order valence-electron chi connectivity index (χ3n) is 2.79. The van der Waals surface area contributed by atoms with Gasteiger partial charge in [-0.2, -0.15) is 0 Å². The van der Waals surface area contributed by atoms with Gasteiger partial charge in [0.2, 0.25) is 0 Å². The Morgan fingerprint density at radius 2 is 1.76 bits per heavy atom. The van der Waals surface area contributed by atoms with Crippen LogP contribution in [-0.2, 0) is 0 Å². The maximum atomic E-state index is 12.3. The first kappa shape index (κ1) is 16.1. The molecule has 0 aromatic heterocycles. The number of ether oxygens (including phenoxy) is 2. The van der Waals surface area contributed by atoms with Crippen LogP contribution in [0.1, 0.15) is 10.4 Å². The van der Waals surface area contributed by atoms with Crippen molar-refractivity contribution in [3.8, 4) is 11.5 Å². The molecule has 6 heteroatoms. The molecule has 1 amide bonds. The van der Waals surface area contributed by atoms with Gasteiger partial charge >= 0.3 is 0 Å². The number of amides is 1. The third-order valence-corrected chi connectivity index (χ3v) is 4.24. The highest BCUT2D eigenvalue weighted by Crippen LogP contribution is 2.35. The lowest BCUT2D eigenvalue weighted by Gasteiger charge is -2.12. The van der Waals surface area contributed by atoms with Crippen molar-refractivity contribution in [2.45, 2.75) is 0 Å². The van der Waals surface area contributed by atoms with Gasteiger partial charge in [0.1, 0.15) is 16.0 Å². The normalized spacial score (nSPS) is 10.1. The van der Waals surface area contributed by atoms with Crippen LogP contribution < -0.4 is 14.8 Å². The Balaban J connectivity index is 2.31. The highest BCUT2D eigenvalue weighted by molar-refractivity contribution is 14.1. The number of hydrogen-bond donors (Lipinski definition) is 1. The number of carbonyl (C=O) groups excluding carboxylic acids is 1. The molecule has 0 fully saturated rings. The first-order chi connectivity index (χ1) is 10.0. The molecule has 0 unspecified atom stereocenters. The molecule has 0 aliphatic heterocycles. The van der Waals surface area contributed by atoms with E-state index in [1.165, 1.54) is 0 Å². The highest BCUT2D eigenvalue weighted by Gasteiger charge is 2.14. The smallest absolute Gasteiger partial charge is 0.255 e. The number of hydrogen-bond acceptors (Lipinski definition) is 3. The number of anilines is 1. The van der Waals surface area contributed by atoms with Gasteiger partial charge in [-0.15, -0.1) is 0 Å². The molecule has 0 saturated heterocycles. The standard InChI is InChI=1S/C15H13BrINO3/c1-20-12-6-9(7-13(21-2)14(12)16)15(19)18-11-5-3-4-10(17)8-11/h3-8H,1-2H3,(H,18,19). The van der Waals surface area contributed by atoms with Crippen molar-refractivity contribution in [3.63, 3.8) is 0 Å². The molecule has 0 saturated carbocycles. The molecular weight excluding hydrogens is 449 g/mol.